The molecule has 1 aliphatic rings. The van der Waals surface area contributed by atoms with Crippen LogP contribution in [-0.2, 0) is 17.2 Å². The van der Waals surface area contributed by atoms with Crippen LogP contribution in [0.2, 0.25) is 5.02 Å². The topological polar surface area (TPSA) is 81.1 Å². The van der Waals surface area contributed by atoms with Crippen LogP contribution in [0.5, 0.6) is 5.75 Å². The number of fused-ring (bicyclic) bond motifs is 1. The molecule has 6 rings (SSSR count). The van der Waals surface area contributed by atoms with Gasteiger partial charge in [0.2, 0.25) is 11.1 Å². The molecule has 0 fully saturated rings. The van der Waals surface area contributed by atoms with Gasteiger partial charge in [0.05, 0.1) is 5.57 Å². The Balaban J connectivity index is 1.30. The van der Waals surface area contributed by atoms with Crippen molar-refractivity contribution >= 4 is 40.9 Å². The molecule has 1 amide bonds. The molecule has 2 heterocycles. The second-order valence-corrected chi connectivity index (χ2v) is 12.5. The Morgan fingerprint density at radius 3 is 2.47 bits per heavy atom. The molecule has 1 aliphatic heterocycles. The number of carbonyl (C=O) groups is 1. The first-order chi connectivity index (χ1) is 21.8. The van der Waals surface area contributed by atoms with Crippen LogP contribution >= 0.6 is 23.4 Å². The summed E-state index contributed by atoms with van der Waals surface area (Å²) in [5.74, 6) is 1.73. The number of nitrogens with one attached hydrogen (secondary N) is 2. The van der Waals surface area contributed by atoms with E-state index in [2.05, 4.69) is 41.8 Å². The average Bonchev–Trinajstić information content (AvgIpc) is 3.44. The fourth-order valence-electron chi connectivity index (χ4n) is 5.23. The molecule has 0 saturated heterocycles. The predicted molar refractivity (Wildman–Crippen MR) is 182 cm³/mol. The van der Waals surface area contributed by atoms with Crippen molar-refractivity contribution in [3.63, 3.8) is 0 Å². The van der Waals surface area contributed by atoms with Crippen molar-refractivity contribution in [2.45, 2.75) is 51.3 Å². The number of halogens is 1. The third kappa shape index (κ3) is 6.77. The van der Waals surface area contributed by atoms with Gasteiger partial charge in [-0.2, -0.15) is 4.98 Å². The van der Waals surface area contributed by atoms with Crippen molar-refractivity contribution in [2.75, 3.05) is 10.6 Å². The van der Waals surface area contributed by atoms with Gasteiger partial charge in [0.1, 0.15) is 18.4 Å². The minimum absolute atomic E-state index is 0.204. The minimum Gasteiger partial charge on any atom is -0.489 e. The number of aryl methyl sites for hydroxylation is 2. The van der Waals surface area contributed by atoms with Crippen LogP contribution in [0.3, 0.4) is 0 Å². The number of carbonyl (C=O) groups excluding carboxylic acids is 1. The van der Waals surface area contributed by atoms with E-state index in [1.165, 1.54) is 17.3 Å². The van der Waals surface area contributed by atoms with Gasteiger partial charge in [-0.1, -0.05) is 95.7 Å². The summed E-state index contributed by atoms with van der Waals surface area (Å²) in [6.45, 7) is 8.48. The Labute approximate surface area is 272 Å². The van der Waals surface area contributed by atoms with Crippen molar-refractivity contribution in [1.29, 1.82) is 0 Å². The molecular formula is C36H34ClN5O2S. The molecule has 2 N–H and O–H groups in total. The van der Waals surface area contributed by atoms with E-state index >= 15 is 0 Å². The largest absolute Gasteiger partial charge is 0.489 e. The molecule has 0 aliphatic carbocycles. The zero-order chi connectivity index (χ0) is 31.5. The van der Waals surface area contributed by atoms with Gasteiger partial charge in [0.15, 0.2) is 0 Å². The zero-order valence-electron chi connectivity index (χ0n) is 25.6. The zero-order valence-corrected chi connectivity index (χ0v) is 27.2. The van der Waals surface area contributed by atoms with Gasteiger partial charge in [-0.05, 0) is 79.8 Å². The molecule has 1 atom stereocenters. The van der Waals surface area contributed by atoms with E-state index in [0.717, 1.165) is 39.3 Å². The fraction of sp³-hybridized carbons (Fsp3) is 0.194. The van der Waals surface area contributed by atoms with E-state index in [1.807, 2.05) is 87.5 Å². The molecule has 4 aromatic carbocycles. The summed E-state index contributed by atoms with van der Waals surface area (Å²) in [7, 11) is 0. The number of rotatable bonds is 9. The van der Waals surface area contributed by atoms with Gasteiger partial charge in [-0.15, -0.1) is 5.10 Å². The van der Waals surface area contributed by atoms with Crippen molar-refractivity contribution in [1.82, 2.24) is 14.8 Å². The number of amides is 1. The monoisotopic (exact) mass is 635 g/mol. The summed E-state index contributed by atoms with van der Waals surface area (Å²) < 4.78 is 7.87. The van der Waals surface area contributed by atoms with E-state index in [4.69, 9.17) is 26.4 Å². The number of thioether (sulfide) groups is 1. The summed E-state index contributed by atoms with van der Waals surface area (Å²) >= 11 is 7.89. The van der Waals surface area contributed by atoms with Crippen molar-refractivity contribution in [3.8, 4) is 5.75 Å². The quantitative estimate of drug-likeness (QED) is 0.158. The maximum Gasteiger partial charge on any atom is 0.255 e. The molecule has 1 unspecified atom stereocenters. The molecule has 45 heavy (non-hydrogen) atoms. The van der Waals surface area contributed by atoms with Gasteiger partial charge < -0.3 is 15.4 Å². The van der Waals surface area contributed by atoms with Gasteiger partial charge in [-0.25, -0.2) is 4.68 Å². The summed E-state index contributed by atoms with van der Waals surface area (Å²) in [5.41, 5.74) is 8.39. The highest BCUT2D eigenvalue weighted by Crippen LogP contribution is 2.38. The minimum atomic E-state index is -0.514. The molecule has 5 aromatic rings. The van der Waals surface area contributed by atoms with Crippen molar-refractivity contribution < 1.29 is 9.53 Å². The smallest absolute Gasteiger partial charge is 0.255 e. The molecule has 1 aromatic heterocycles. The van der Waals surface area contributed by atoms with Gasteiger partial charge in [-0.3, -0.25) is 4.79 Å². The van der Waals surface area contributed by atoms with Gasteiger partial charge >= 0.3 is 0 Å². The first-order valence-corrected chi connectivity index (χ1v) is 16.1. The Morgan fingerprint density at radius 1 is 0.956 bits per heavy atom. The Kier molecular flexibility index (Phi) is 8.96. The van der Waals surface area contributed by atoms with Crippen LogP contribution in [0.25, 0.3) is 0 Å². The van der Waals surface area contributed by atoms with E-state index < -0.39 is 6.04 Å². The van der Waals surface area contributed by atoms with Crippen LogP contribution in [0.1, 0.15) is 46.3 Å². The van der Waals surface area contributed by atoms with Crippen LogP contribution in [-0.4, -0.2) is 20.7 Å². The Morgan fingerprint density at radius 2 is 1.71 bits per heavy atom. The summed E-state index contributed by atoms with van der Waals surface area (Å²) in [6.07, 6.45) is 0. The number of nitrogens with zero attached hydrogens (tertiary/aromatic N) is 3. The summed E-state index contributed by atoms with van der Waals surface area (Å²) in [6, 6.07) is 29.3. The van der Waals surface area contributed by atoms with Crippen molar-refractivity contribution in [3.05, 3.63) is 141 Å². The number of hydrogen-bond acceptors (Lipinski definition) is 6. The normalized spacial score (nSPS) is 14.1. The van der Waals surface area contributed by atoms with Gasteiger partial charge in [0.25, 0.3) is 5.91 Å². The maximum absolute atomic E-state index is 14.0. The lowest BCUT2D eigenvalue weighted by Crippen LogP contribution is -2.31. The summed E-state index contributed by atoms with van der Waals surface area (Å²) in [5, 5.41) is 12.7. The van der Waals surface area contributed by atoms with E-state index in [9.17, 15) is 4.79 Å². The molecule has 0 bridgehead atoms. The molecule has 0 radical (unpaired) electrons. The highest BCUT2D eigenvalue weighted by Gasteiger charge is 2.34. The first kappa shape index (κ1) is 30.5. The third-order valence-corrected chi connectivity index (χ3v) is 9.22. The van der Waals surface area contributed by atoms with Gasteiger partial charge in [0, 0.05) is 22.2 Å². The number of benzene rings is 4. The SMILES string of the molecule is CC1=C(C(=O)Nc2cccc(C)c2C)C(c2ccc(OCc3ccc(C)cc3)cc2)n2nc(SCc3ccccc3Cl)nc2N1. The number of aromatic nitrogens is 3. The second kappa shape index (κ2) is 13.2. The second-order valence-electron chi connectivity index (χ2n) is 11.2. The molecule has 9 heteroatoms. The summed E-state index contributed by atoms with van der Waals surface area (Å²) in [4.78, 5) is 18.8. The standard InChI is InChI=1S/C36H34ClN5O2S/c1-22-12-14-26(15-13-22)20-44-29-18-16-27(17-19-29)33-32(34(43)39-31-11-7-8-23(2)24(31)3)25(4)38-35-40-36(41-42(33)35)45-21-28-9-5-6-10-30(28)37/h5-19,33H,20-21H2,1-4H3,(H,39,43)(H,38,40,41). The number of ether oxygens (including phenoxy) is 1. The molecular weight excluding hydrogens is 602 g/mol. The van der Waals surface area contributed by atoms with Crippen LogP contribution < -0.4 is 15.4 Å². The van der Waals surface area contributed by atoms with E-state index in [-0.39, 0.29) is 5.91 Å². The van der Waals surface area contributed by atoms with E-state index in [1.54, 1.807) is 4.68 Å². The van der Waals surface area contributed by atoms with Crippen LogP contribution in [0, 0.1) is 20.8 Å². The third-order valence-electron chi connectivity index (χ3n) is 7.97. The lowest BCUT2D eigenvalue weighted by Gasteiger charge is -2.29. The Bertz CT molecular complexity index is 1880. The average molecular weight is 636 g/mol. The fourth-order valence-corrected chi connectivity index (χ4v) is 6.34. The molecule has 228 valence electrons. The van der Waals surface area contributed by atoms with Crippen molar-refractivity contribution in [2.24, 2.45) is 0 Å². The molecule has 0 spiro atoms. The maximum atomic E-state index is 14.0. The first-order valence-electron chi connectivity index (χ1n) is 14.7. The lowest BCUT2D eigenvalue weighted by atomic mass is 9.94. The predicted octanol–water partition coefficient (Wildman–Crippen LogP) is 8.66. The number of allylic oxidation sites excluding steroid dienone is 1. The lowest BCUT2D eigenvalue weighted by molar-refractivity contribution is -0.113. The highest BCUT2D eigenvalue weighted by molar-refractivity contribution is 7.98. The molecule has 0 saturated carbocycles. The van der Waals surface area contributed by atoms with Crippen LogP contribution in [0.4, 0.5) is 11.6 Å². The van der Waals surface area contributed by atoms with E-state index in [0.29, 0.717) is 39.8 Å². The molecule has 7 nitrogen and oxygen atoms in total. The highest BCUT2D eigenvalue weighted by atomic mass is 35.5. The number of anilines is 2. The number of hydrogen-bond donors (Lipinski definition) is 2. The Hall–Kier alpha value is -4.53. The van der Waals surface area contributed by atoms with Crippen LogP contribution in [0.15, 0.2) is 107 Å².